The molecule has 0 spiro atoms. The van der Waals surface area contributed by atoms with E-state index in [-0.39, 0.29) is 11.9 Å². The van der Waals surface area contributed by atoms with E-state index in [0.29, 0.717) is 23.7 Å². The van der Waals surface area contributed by atoms with Crippen molar-refractivity contribution in [1.82, 2.24) is 29.9 Å². The van der Waals surface area contributed by atoms with Gasteiger partial charge in [0.2, 0.25) is 5.95 Å². The number of carbonyl (C=O) groups is 1. The average Bonchev–Trinajstić information content (AvgIpc) is 3.24. The second-order valence-corrected chi connectivity index (χ2v) is 6.65. The van der Waals surface area contributed by atoms with E-state index >= 15 is 0 Å². The lowest BCUT2D eigenvalue weighted by Gasteiger charge is -2.33. The maximum absolute atomic E-state index is 13.2. The highest BCUT2D eigenvalue weighted by molar-refractivity contribution is 5.97. The number of aromatic nitrogens is 5. The van der Waals surface area contributed by atoms with Gasteiger partial charge < -0.3 is 10.2 Å². The number of nitrogens with one attached hydrogen (secondary N) is 1. The molecule has 0 unspecified atom stereocenters. The van der Waals surface area contributed by atoms with Gasteiger partial charge in [0, 0.05) is 31.5 Å². The molecule has 1 saturated heterocycles. The Kier molecular flexibility index (Phi) is 4.78. The fourth-order valence-corrected chi connectivity index (χ4v) is 3.27. The van der Waals surface area contributed by atoms with Gasteiger partial charge in [-0.05, 0) is 37.5 Å². The van der Waals surface area contributed by atoms with E-state index in [4.69, 9.17) is 0 Å². The Hall–Kier alpha value is -3.29. The van der Waals surface area contributed by atoms with Crippen LogP contribution in [0.1, 0.15) is 28.8 Å². The Morgan fingerprint density at radius 3 is 2.67 bits per heavy atom. The molecule has 0 saturated carbocycles. The number of para-hydroxylation sites is 1. The van der Waals surface area contributed by atoms with Crippen LogP contribution in [0, 0.1) is 6.92 Å². The fourth-order valence-electron chi connectivity index (χ4n) is 3.27. The van der Waals surface area contributed by atoms with Gasteiger partial charge in [-0.25, -0.2) is 9.97 Å². The summed E-state index contributed by atoms with van der Waals surface area (Å²) >= 11 is 0. The highest BCUT2D eigenvalue weighted by atomic mass is 16.2. The van der Waals surface area contributed by atoms with Crippen LogP contribution in [0.3, 0.4) is 0 Å². The standard InChI is InChI=1S/C19H21N7O/c1-14-11-20-19(21-12-14)24-15-5-4-10-25(13-15)18(27)16-6-2-3-7-17(16)26-22-8-9-23-26/h2-3,6-9,11-12,15H,4-5,10,13H2,1H3,(H,20,21,24)/t15-/m1/s1. The number of amides is 1. The Bertz CT molecular complexity index is 908. The molecule has 2 aromatic heterocycles. The molecular formula is C19H21N7O. The third kappa shape index (κ3) is 3.79. The van der Waals surface area contributed by atoms with Crippen molar-refractivity contribution in [3.63, 3.8) is 0 Å². The van der Waals surface area contributed by atoms with Crippen LogP contribution < -0.4 is 5.32 Å². The van der Waals surface area contributed by atoms with Gasteiger partial charge in [-0.15, -0.1) is 0 Å². The summed E-state index contributed by atoms with van der Waals surface area (Å²) < 4.78 is 0. The molecule has 1 aliphatic heterocycles. The van der Waals surface area contributed by atoms with Crippen molar-refractivity contribution < 1.29 is 4.79 Å². The lowest BCUT2D eigenvalue weighted by atomic mass is 10.0. The quantitative estimate of drug-likeness (QED) is 0.763. The molecule has 27 heavy (non-hydrogen) atoms. The van der Waals surface area contributed by atoms with Crippen LogP contribution in [0.5, 0.6) is 0 Å². The Balaban J connectivity index is 1.50. The molecule has 3 heterocycles. The van der Waals surface area contributed by atoms with Crippen LogP contribution >= 0.6 is 0 Å². The van der Waals surface area contributed by atoms with Gasteiger partial charge in [-0.3, -0.25) is 4.79 Å². The lowest BCUT2D eigenvalue weighted by molar-refractivity contribution is 0.0714. The molecule has 1 atom stereocenters. The Morgan fingerprint density at radius 1 is 1.15 bits per heavy atom. The number of hydrogen-bond acceptors (Lipinski definition) is 6. The first kappa shape index (κ1) is 17.1. The smallest absolute Gasteiger partial charge is 0.256 e. The molecule has 1 aliphatic rings. The third-order valence-corrected chi connectivity index (χ3v) is 4.59. The van der Waals surface area contributed by atoms with Crippen molar-refractivity contribution in [2.24, 2.45) is 0 Å². The summed E-state index contributed by atoms with van der Waals surface area (Å²) in [6.45, 7) is 3.29. The summed E-state index contributed by atoms with van der Waals surface area (Å²) in [5.74, 6) is 0.584. The highest BCUT2D eigenvalue weighted by Crippen LogP contribution is 2.19. The van der Waals surface area contributed by atoms with Crippen LogP contribution in [0.25, 0.3) is 5.69 Å². The molecule has 4 rings (SSSR count). The van der Waals surface area contributed by atoms with Crippen LogP contribution in [0.2, 0.25) is 0 Å². The largest absolute Gasteiger partial charge is 0.350 e. The average molecular weight is 363 g/mol. The molecule has 0 radical (unpaired) electrons. The van der Waals surface area contributed by atoms with Crippen molar-refractivity contribution >= 4 is 11.9 Å². The summed E-state index contributed by atoms with van der Waals surface area (Å²) in [5, 5.41) is 11.7. The van der Waals surface area contributed by atoms with E-state index in [1.807, 2.05) is 36.1 Å². The van der Waals surface area contributed by atoms with Gasteiger partial charge in [-0.1, -0.05) is 12.1 Å². The molecule has 8 nitrogen and oxygen atoms in total. The minimum atomic E-state index is -0.0146. The predicted octanol–water partition coefficient (Wildman–Crippen LogP) is 2.08. The third-order valence-electron chi connectivity index (χ3n) is 4.59. The van der Waals surface area contributed by atoms with Crippen LogP contribution in [-0.4, -0.2) is 54.9 Å². The first-order chi connectivity index (χ1) is 13.2. The number of benzene rings is 1. The number of anilines is 1. The predicted molar refractivity (Wildman–Crippen MR) is 101 cm³/mol. The van der Waals surface area contributed by atoms with Crippen molar-refractivity contribution in [1.29, 1.82) is 0 Å². The molecule has 0 bridgehead atoms. The first-order valence-electron chi connectivity index (χ1n) is 9.01. The van der Waals surface area contributed by atoms with Crippen molar-refractivity contribution in [2.75, 3.05) is 18.4 Å². The van der Waals surface area contributed by atoms with E-state index in [1.165, 1.54) is 4.80 Å². The molecular weight excluding hydrogens is 342 g/mol. The van der Waals surface area contributed by atoms with Gasteiger partial charge in [0.05, 0.1) is 23.6 Å². The molecule has 1 amide bonds. The second-order valence-electron chi connectivity index (χ2n) is 6.65. The maximum atomic E-state index is 13.2. The topological polar surface area (TPSA) is 88.8 Å². The highest BCUT2D eigenvalue weighted by Gasteiger charge is 2.26. The van der Waals surface area contributed by atoms with Crippen molar-refractivity contribution in [3.05, 3.63) is 60.2 Å². The number of hydrogen-bond donors (Lipinski definition) is 1. The molecule has 138 valence electrons. The number of carbonyl (C=O) groups excluding carboxylic acids is 1. The Labute approximate surface area is 157 Å². The van der Waals surface area contributed by atoms with Gasteiger partial charge >= 0.3 is 0 Å². The van der Waals surface area contributed by atoms with E-state index in [0.717, 1.165) is 24.9 Å². The van der Waals surface area contributed by atoms with Gasteiger partial charge in [0.15, 0.2) is 0 Å². The van der Waals surface area contributed by atoms with E-state index in [2.05, 4.69) is 25.5 Å². The summed E-state index contributed by atoms with van der Waals surface area (Å²) in [6, 6.07) is 7.54. The SMILES string of the molecule is Cc1cnc(N[C@@H]2CCCN(C(=O)c3ccccc3-n3nccn3)C2)nc1. The first-order valence-corrected chi connectivity index (χ1v) is 9.01. The molecule has 1 aromatic carbocycles. The molecule has 8 heteroatoms. The zero-order chi connectivity index (χ0) is 18.6. The van der Waals surface area contributed by atoms with E-state index in [1.54, 1.807) is 24.8 Å². The molecule has 0 aliphatic carbocycles. The molecule has 3 aromatic rings. The summed E-state index contributed by atoms with van der Waals surface area (Å²) in [7, 11) is 0. The summed E-state index contributed by atoms with van der Waals surface area (Å²) in [4.78, 5) is 25.1. The number of aryl methyl sites for hydroxylation is 1. The zero-order valence-corrected chi connectivity index (χ0v) is 15.1. The number of piperidine rings is 1. The summed E-state index contributed by atoms with van der Waals surface area (Å²) in [6.07, 6.45) is 8.68. The zero-order valence-electron chi connectivity index (χ0n) is 15.1. The van der Waals surface area contributed by atoms with Crippen LogP contribution in [0.4, 0.5) is 5.95 Å². The van der Waals surface area contributed by atoms with Gasteiger partial charge in [0.1, 0.15) is 0 Å². The van der Waals surface area contributed by atoms with Gasteiger partial charge in [-0.2, -0.15) is 15.0 Å². The minimum Gasteiger partial charge on any atom is -0.350 e. The number of nitrogens with zero attached hydrogens (tertiary/aromatic N) is 6. The van der Waals surface area contributed by atoms with Crippen molar-refractivity contribution in [2.45, 2.75) is 25.8 Å². The monoisotopic (exact) mass is 363 g/mol. The van der Waals surface area contributed by atoms with Crippen LogP contribution in [-0.2, 0) is 0 Å². The normalized spacial score (nSPS) is 16.9. The maximum Gasteiger partial charge on any atom is 0.256 e. The lowest BCUT2D eigenvalue weighted by Crippen LogP contribution is -2.45. The van der Waals surface area contributed by atoms with E-state index in [9.17, 15) is 4.79 Å². The number of rotatable bonds is 4. The fraction of sp³-hybridized carbons (Fsp3) is 0.316. The summed E-state index contributed by atoms with van der Waals surface area (Å²) in [5.41, 5.74) is 2.30. The Morgan fingerprint density at radius 2 is 1.89 bits per heavy atom. The van der Waals surface area contributed by atoms with Gasteiger partial charge in [0.25, 0.3) is 5.91 Å². The molecule has 1 N–H and O–H groups in total. The second kappa shape index (κ2) is 7.53. The van der Waals surface area contributed by atoms with E-state index < -0.39 is 0 Å². The number of likely N-dealkylation sites (tertiary alicyclic amines) is 1. The minimum absolute atomic E-state index is 0.0146. The molecule has 1 fully saturated rings. The van der Waals surface area contributed by atoms with Crippen molar-refractivity contribution in [3.8, 4) is 5.69 Å². The van der Waals surface area contributed by atoms with Crippen LogP contribution in [0.15, 0.2) is 49.1 Å².